The highest BCUT2D eigenvalue weighted by molar-refractivity contribution is 5.88. The molecule has 6 aromatic rings. The van der Waals surface area contributed by atoms with E-state index in [-0.39, 0.29) is 35.9 Å². The largest absolute Gasteiger partial charge is 0.507 e. The van der Waals surface area contributed by atoms with Gasteiger partial charge in [0.1, 0.15) is 11.5 Å². The summed E-state index contributed by atoms with van der Waals surface area (Å²) in [5.74, 6) is -0.323. The third-order valence-corrected chi connectivity index (χ3v) is 7.99. The predicted molar refractivity (Wildman–Crippen MR) is 168 cm³/mol. The van der Waals surface area contributed by atoms with E-state index < -0.39 is 5.92 Å². The fourth-order valence-electron chi connectivity index (χ4n) is 5.85. The molecule has 0 spiro atoms. The quantitative estimate of drug-likeness (QED) is 0.200. The van der Waals surface area contributed by atoms with E-state index in [0.717, 1.165) is 33.3 Å². The minimum absolute atomic E-state index is 0.0570. The van der Waals surface area contributed by atoms with Crippen LogP contribution in [0.2, 0.25) is 0 Å². The summed E-state index contributed by atoms with van der Waals surface area (Å²) in [5, 5.41) is 13.2. The SMILES string of the molecule is COc1ccc(C(c2[nH]c3ccccc3c2CCOC(=O)Cc2ccccc2)c2c(O)c3ccccc3n(C)c2=O)cc1. The molecule has 0 aliphatic heterocycles. The summed E-state index contributed by atoms with van der Waals surface area (Å²) in [7, 11) is 3.32. The normalized spacial score (nSPS) is 12.0. The molecule has 0 aliphatic carbocycles. The molecular formula is C36H32N2O5. The first-order chi connectivity index (χ1) is 21.0. The van der Waals surface area contributed by atoms with E-state index in [4.69, 9.17) is 9.47 Å². The molecule has 2 aromatic heterocycles. The number of carbonyl (C=O) groups is 1. The van der Waals surface area contributed by atoms with Gasteiger partial charge in [-0.2, -0.15) is 0 Å². The fraction of sp³-hybridized carbons (Fsp3) is 0.167. The molecule has 0 saturated carbocycles. The summed E-state index contributed by atoms with van der Waals surface area (Å²) >= 11 is 0. The van der Waals surface area contributed by atoms with E-state index in [1.54, 1.807) is 18.7 Å². The van der Waals surface area contributed by atoms with Crippen molar-refractivity contribution in [1.29, 1.82) is 0 Å². The molecule has 2 heterocycles. The maximum absolute atomic E-state index is 14.0. The number of H-pyrrole nitrogens is 1. The lowest BCUT2D eigenvalue weighted by atomic mass is 9.85. The Kier molecular flexibility index (Phi) is 7.71. The zero-order chi connectivity index (χ0) is 29.9. The number of para-hydroxylation sites is 2. The van der Waals surface area contributed by atoms with Gasteiger partial charge in [-0.3, -0.25) is 9.59 Å². The van der Waals surface area contributed by atoms with Gasteiger partial charge < -0.3 is 24.1 Å². The van der Waals surface area contributed by atoms with E-state index in [0.29, 0.717) is 23.1 Å². The highest BCUT2D eigenvalue weighted by Gasteiger charge is 2.30. The molecule has 0 fully saturated rings. The van der Waals surface area contributed by atoms with Crippen molar-refractivity contribution in [3.8, 4) is 11.5 Å². The number of aromatic nitrogens is 2. The van der Waals surface area contributed by atoms with Crippen molar-refractivity contribution in [3.63, 3.8) is 0 Å². The predicted octanol–water partition coefficient (Wildman–Crippen LogP) is 6.24. The number of hydrogen-bond acceptors (Lipinski definition) is 5. The highest BCUT2D eigenvalue weighted by atomic mass is 16.5. The van der Waals surface area contributed by atoms with Crippen LogP contribution >= 0.6 is 0 Å². The van der Waals surface area contributed by atoms with Crippen LogP contribution in [0.15, 0.2) is 108 Å². The number of nitrogens with zero attached hydrogens (tertiary/aromatic N) is 1. The Morgan fingerprint density at radius 2 is 1.56 bits per heavy atom. The van der Waals surface area contributed by atoms with Crippen LogP contribution in [0.5, 0.6) is 11.5 Å². The lowest BCUT2D eigenvalue weighted by molar-refractivity contribution is -0.142. The molecular weight excluding hydrogens is 540 g/mol. The number of esters is 1. The van der Waals surface area contributed by atoms with Crippen molar-refractivity contribution in [1.82, 2.24) is 9.55 Å². The summed E-state index contributed by atoms with van der Waals surface area (Å²) < 4.78 is 12.7. The molecule has 2 N–H and O–H groups in total. The number of ether oxygens (including phenoxy) is 2. The standard InChI is InChI=1S/C36H32N2O5/c1-38-30-15-9-7-13-28(30)35(40)33(36(38)41)32(24-16-18-25(42-2)19-17-24)34-27(26-12-6-8-14-29(26)37-34)20-21-43-31(39)22-23-10-4-3-5-11-23/h3-19,32,37,40H,20-22H2,1-2H3. The topological polar surface area (TPSA) is 93.5 Å². The Bertz CT molecular complexity index is 1970. The number of pyridine rings is 1. The van der Waals surface area contributed by atoms with Gasteiger partial charge in [0.2, 0.25) is 0 Å². The summed E-state index contributed by atoms with van der Waals surface area (Å²) in [6, 6.07) is 32.2. The fourth-order valence-corrected chi connectivity index (χ4v) is 5.85. The van der Waals surface area contributed by atoms with E-state index >= 15 is 0 Å². The number of rotatable bonds is 9. The van der Waals surface area contributed by atoms with Crippen LogP contribution < -0.4 is 10.3 Å². The van der Waals surface area contributed by atoms with Gasteiger partial charge >= 0.3 is 5.97 Å². The molecule has 7 heteroatoms. The van der Waals surface area contributed by atoms with Crippen molar-refractivity contribution in [2.75, 3.05) is 13.7 Å². The number of benzene rings is 4. The Labute approximate surface area is 249 Å². The second-order valence-corrected chi connectivity index (χ2v) is 10.5. The van der Waals surface area contributed by atoms with Crippen LogP contribution in [0.1, 0.15) is 33.9 Å². The monoisotopic (exact) mass is 572 g/mol. The van der Waals surface area contributed by atoms with Crippen LogP contribution in [-0.2, 0) is 29.4 Å². The molecule has 0 radical (unpaired) electrons. The molecule has 0 bridgehead atoms. The lowest BCUT2D eigenvalue weighted by Crippen LogP contribution is -2.25. The van der Waals surface area contributed by atoms with Crippen molar-refractivity contribution in [3.05, 3.63) is 141 Å². The van der Waals surface area contributed by atoms with Gasteiger partial charge in [0.25, 0.3) is 5.56 Å². The van der Waals surface area contributed by atoms with Crippen LogP contribution in [-0.4, -0.2) is 34.3 Å². The van der Waals surface area contributed by atoms with Crippen LogP contribution in [0.4, 0.5) is 0 Å². The van der Waals surface area contributed by atoms with Gasteiger partial charge in [0.05, 0.1) is 37.1 Å². The first kappa shape index (κ1) is 27.8. The van der Waals surface area contributed by atoms with Gasteiger partial charge in [0.15, 0.2) is 0 Å². The molecule has 0 aliphatic rings. The van der Waals surface area contributed by atoms with E-state index in [1.807, 2.05) is 103 Å². The van der Waals surface area contributed by atoms with Gasteiger partial charge in [-0.15, -0.1) is 0 Å². The maximum atomic E-state index is 14.0. The third kappa shape index (κ3) is 5.37. The zero-order valence-electron chi connectivity index (χ0n) is 24.0. The third-order valence-electron chi connectivity index (χ3n) is 7.99. The average molecular weight is 573 g/mol. The number of aryl methyl sites for hydroxylation is 1. The Morgan fingerprint density at radius 1 is 0.884 bits per heavy atom. The molecule has 0 saturated heterocycles. The van der Waals surface area contributed by atoms with E-state index in [1.165, 1.54) is 0 Å². The van der Waals surface area contributed by atoms with Crippen molar-refractivity contribution >= 4 is 27.8 Å². The minimum Gasteiger partial charge on any atom is -0.507 e. The van der Waals surface area contributed by atoms with Crippen LogP contribution in [0.25, 0.3) is 21.8 Å². The summed E-state index contributed by atoms with van der Waals surface area (Å²) in [6.45, 7) is 0.164. The second-order valence-electron chi connectivity index (χ2n) is 10.5. The number of methoxy groups -OCH3 is 1. The number of hydrogen-bond donors (Lipinski definition) is 2. The first-order valence-electron chi connectivity index (χ1n) is 14.2. The maximum Gasteiger partial charge on any atom is 0.310 e. The van der Waals surface area contributed by atoms with Gasteiger partial charge in [-0.05, 0) is 47.0 Å². The Morgan fingerprint density at radius 3 is 2.30 bits per heavy atom. The molecule has 1 unspecified atom stereocenters. The smallest absolute Gasteiger partial charge is 0.310 e. The van der Waals surface area contributed by atoms with Gasteiger partial charge in [0, 0.05) is 35.5 Å². The van der Waals surface area contributed by atoms with Crippen LogP contribution in [0, 0.1) is 0 Å². The Balaban J connectivity index is 1.47. The Hall–Kier alpha value is -5.30. The zero-order valence-corrected chi connectivity index (χ0v) is 24.0. The van der Waals surface area contributed by atoms with Crippen molar-refractivity contribution in [2.24, 2.45) is 7.05 Å². The first-order valence-corrected chi connectivity index (χ1v) is 14.2. The van der Waals surface area contributed by atoms with Gasteiger partial charge in [-0.1, -0.05) is 72.8 Å². The molecule has 7 nitrogen and oxygen atoms in total. The number of aromatic amines is 1. The molecule has 0 amide bonds. The summed E-state index contributed by atoms with van der Waals surface area (Å²) in [4.78, 5) is 30.2. The summed E-state index contributed by atoms with van der Waals surface area (Å²) in [5.41, 5.74) is 4.87. The number of fused-ring (bicyclic) bond motifs is 2. The molecule has 4 aromatic carbocycles. The van der Waals surface area contributed by atoms with E-state index in [9.17, 15) is 14.7 Å². The second kappa shape index (κ2) is 11.9. The molecule has 43 heavy (non-hydrogen) atoms. The number of aromatic hydroxyl groups is 1. The molecule has 216 valence electrons. The van der Waals surface area contributed by atoms with Crippen molar-refractivity contribution < 1.29 is 19.4 Å². The van der Waals surface area contributed by atoms with E-state index in [2.05, 4.69) is 4.98 Å². The molecule has 6 rings (SSSR count). The highest BCUT2D eigenvalue weighted by Crippen LogP contribution is 2.41. The van der Waals surface area contributed by atoms with Crippen LogP contribution in [0.3, 0.4) is 0 Å². The van der Waals surface area contributed by atoms with Crippen molar-refractivity contribution in [2.45, 2.75) is 18.8 Å². The molecule has 1 atom stereocenters. The number of carbonyl (C=O) groups excluding carboxylic acids is 1. The lowest BCUT2D eigenvalue weighted by Gasteiger charge is -2.22. The average Bonchev–Trinajstić information content (AvgIpc) is 3.40. The number of nitrogens with one attached hydrogen (secondary N) is 1. The van der Waals surface area contributed by atoms with Gasteiger partial charge in [-0.25, -0.2) is 0 Å². The summed E-state index contributed by atoms with van der Waals surface area (Å²) in [6.07, 6.45) is 0.609. The minimum atomic E-state index is -0.642.